The van der Waals surface area contributed by atoms with Crippen LogP contribution in [0.2, 0.25) is 5.02 Å². The Morgan fingerprint density at radius 2 is 1.95 bits per heavy atom. The van der Waals surface area contributed by atoms with Gasteiger partial charge in [-0.2, -0.15) is 13.2 Å². The summed E-state index contributed by atoms with van der Waals surface area (Å²) in [6, 6.07) is 9.29. The van der Waals surface area contributed by atoms with Crippen LogP contribution in [0.25, 0.3) is 5.57 Å². The van der Waals surface area contributed by atoms with Gasteiger partial charge < -0.3 is 14.6 Å². The summed E-state index contributed by atoms with van der Waals surface area (Å²) in [4.78, 5) is 20.9. The molecule has 0 spiro atoms. The Hall–Kier alpha value is -3.24. The lowest BCUT2D eigenvalue weighted by atomic mass is 9.92. The molecule has 11 heteroatoms. The predicted octanol–water partition coefficient (Wildman–Crippen LogP) is 7.57. The highest BCUT2D eigenvalue weighted by molar-refractivity contribution is 7.99. The van der Waals surface area contributed by atoms with Gasteiger partial charge in [0.1, 0.15) is 28.2 Å². The van der Waals surface area contributed by atoms with Gasteiger partial charge in [-0.05, 0) is 54.8 Å². The van der Waals surface area contributed by atoms with E-state index in [0.29, 0.717) is 23.1 Å². The van der Waals surface area contributed by atoms with Gasteiger partial charge in [0.25, 0.3) is 0 Å². The first-order chi connectivity index (χ1) is 17.9. The van der Waals surface area contributed by atoms with Gasteiger partial charge in [-0.15, -0.1) is 11.8 Å². The number of halogens is 4. The minimum atomic E-state index is -4.58. The van der Waals surface area contributed by atoms with Crippen LogP contribution in [0.5, 0.6) is 11.6 Å². The molecule has 0 bridgehead atoms. The lowest BCUT2D eigenvalue weighted by Crippen LogP contribution is -2.32. The smallest absolute Gasteiger partial charge is 0.417 e. The fraction of sp³-hybridized carbons (Fsp3) is 0.296. The molecule has 0 amide bonds. The van der Waals surface area contributed by atoms with Crippen molar-refractivity contribution in [3.63, 3.8) is 0 Å². The molecule has 0 saturated carbocycles. The van der Waals surface area contributed by atoms with Gasteiger partial charge in [0.2, 0.25) is 5.88 Å². The minimum Gasteiger partial charge on any atom is -0.511 e. The van der Waals surface area contributed by atoms with E-state index in [4.69, 9.17) is 21.1 Å². The normalized spacial score (nSPS) is 16.8. The number of thioether (sulfide) groups is 1. The second-order valence-electron chi connectivity index (χ2n) is 9.02. The highest BCUT2D eigenvalue weighted by Gasteiger charge is 2.34. The summed E-state index contributed by atoms with van der Waals surface area (Å²) in [6.45, 7) is 5.62. The number of cyclic esters (lactones) is 1. The van der Waals surface area contributed by atoms with Gasteiger partial charge in [-0.1, -0.05) is 30.7 Å². The molecule has 200 valence electrons. The zero-order valence-corrected chi connectivity index (χ0v) is 22.2. The van der Waals surface area contributed by atoms with E-state index in [0.717, 1.165) is 16.7 Å². The van der Waals surface area contributed by atoms with Gasteiger partial charge >= 0.3 is 12.1 Å². The number of aryl methyl sites for hydroxylation is 2. The lowest BCUT2D eigenvalue weighted by molar-refractivity contribution is -0.145. The van der Waals surface area contributed by atoms with E-state index in [1.807, 2.05) is 26.0 Å². The monoisotopic (exact) mass is 564 g/mol. The number of hydrogen-bond donors (Lipinski definition) is 1. The summed E-state index contributed by atoms with van der Waals surface area (Å²) in [5, 5.41) is 11.4. The number of aliphatic hydroxyl groups is 1. The zero-order valence-electron chi connectivity index (χ0n) is 20.7. The molecular formula is C27H24ClF3N2O4S. The second-order valence-corrected chi connectivity index (χ2v) is 10.5. The van der Waals surface area contributed by atoms with Crippen LogP contribution in [-0.4, -0.2) is 32.9 Å². The molecule has 1 N–H and O–H groups in total. The Morgan fingerprint density at radius 3 is 2.55 bits per heavy atom. The molecule has 3 heterocycles. The maximum absolute atomic E-state index is 12.9. The molecule has 3 aromatic rings. The molecule has 0 radical (unpaired) electrons. The Bertz CT molecular complexity index is 1380. The van der Waals surface area contributed by atoms with Gasteiger partial charge in [0.15, 0.2) is 0 Å². The summed E-state index contributed by atoms with van der Waals surface area (Å²) in [7, 11) is 0. The standard InChI is InChI=1S/C27H24ClF3N2O4S/c1-14-4-7-23(32-11-14)38-13-16(3)22-10-21(34)24(26(35)37-22)19-6-5-18(8-15(19)2)36-25-20(28)9-17(12-33-25)27(29,30)31/h4-9,11-12,16,22,34H,10,13H2,1-3H3. The molecule has 6 nitrogen and oxygen atoms in total. The van der Waals surface area contributed by atoms with Crippen molar-refractivity contribution in [1.82, 2.24) is 9.97 Å². The Kier molecular flexibility index (Phi) is 8.22. The van der Waals surface area contributed by atoms with Crippen LogP contribution in [-0.2, 0) is 15.7 Å². The molecule has 2 atom stereocenters. The topological polar surface area (TPSA) is 81.5 Å². The Balaban J connectivity index is 1.46. The molecule has 38 heavy (non-hydrogen) atoms. The van der Waals surface area contributed by atoms with E-state index in [-0.39, 0.29) is 40.3 Å². The van der Waals surface area contributed by atoms with Crippen molar-refractivity contribution in [3.8, 4) is 11.6 Å². The first-order valence-corrected chi connectivity index (χ1v) is 13.0. The maximum atomic E-state index is 12.9. The molecule has 4 rings (SSSR count). The quantitative estimate of drug-likeness (QED) is 0.234. The number of carbonyl (C=O) groups is 1. The van der Waals surface area contributed by atoms with E-state index < -0.39 is 23.8 Å². The molecule has 0 saturated heterocycles. The van der Waals surface area contributed by atoms with Crippen molar-refractivity contribution in [2.24, 2.45) is 5.92 Å². The maximum Gasteiger partial charge on any atom is 0.417 e. The average molecular weight is 565 g/mol. The van der Waals surface area contributed by atoms with Crippen molar-refractivity contribution >= 4 is 34.9 Å². The van der Waals surface area contributed by atoms with Crippen molar-refractivity contribution in [3.05, 3.63) is 81.8 Å². The number of alkyl halides is 3. The minimum absolute atomic E-state index is 0.0337. The fourth-order valence-electron chi connectivity index (χ4n) is 3.84. The third kappa shape index (κ3) is 6.42. The SMILES string of the molecule is Cc1ccc(SCC(C)C2CC(O)=C(c3ccc(Oc4ncc(C(F)(F)F)cc4Cl)cc3C)C(=O)O2)nc1. The third-order valence-corrected chi connectivity index (χ3v) is 7.48. The van der Waals surface area contributed by atoms with Gasteiger partial charge in [-0.25, -0.2) is 14.8 Å². The average Bonchev–Trinajstić information content (AvgIpc) is 2.85. The summed E-state index contributed by atoms with van der Waals surface area (Å²) in [5.41, 5.74) is 1.18. The molecular weight excluding hydrogens is 541 g/mol. The first-order valence-electron chi connectivity index (χ1n) is 11.6. The van der Waals surface area contributed by atoms with Crippen molar-refractivity contribution in [2.45, 2.75) is 44.5 Å². The van der Waals surface area contributed by atoms with Gasteiger partial charge in [0, 0.05) is 30.5 Å². The van der Waals surface area contributed by atoms with Gasteiger partial charge in [0.05, 0.1) is 10.6 Å². The van der Waals surface area contributed by atoms with Crippen LogP contribution in [0, 0.1) is 19.8 Å². The van der Waals surface area contributed by atoms with Crippen LogP contribution in [0.3, 0.4) is 0 Å². The summed E-state index contributed by atoms with van der Waals surface area (Å²) < 4.78 is 49.8. The number of rotatable bonds is 7. The first kappa shape index (κ1) is 27.8. The number of hydrogen-bond acceptors (Lipinski definition) is 7. The largest absolute Gasteiger partial charge is 0.511 e. The number of aromatic nitrogens is 2. The van der Waals surface area contributed by atoms with Crippen LogP contribution < -0.4 is 4.74 Å². The van der Waals surface area contributed by atoms with E-state index >= 15 is 0 Å². The summed E-state index contributed by atoms with van der Waals surface area (Å²) >= 11 is 7.48. The number of pyridine rings is 2. The fourth-order valence-corrected chi connectivity index (χ4v) is 4.99. The van der Waals surface area contributed by atoms with Crippen LogP contribution in [0.4, 0.5) is 13.2 Å². The molecule has 2 unspecified atom stereocenters. The van der Waals surface area contributed by atoms with Crippen LogP contribution in [0.15, 0.2) is 59.6 Å². The summed E-state index contributed by atoms with van der Waals surface area (Å²) in [5.74, 6) is -0.0236. The van der Waals surface area contributed by atoms with Crippen LogP contribution in [0.1, 0.15) is 35.6 Å². The van der Waals surface area contributed by atoms with E-state index in [1.165, 1.54) is 6.07 Å². The summed E-state index contributed by atoms with van der Waals surface area (Å²) in [6.07, 6.45) is -2.46. The highest BCUT2D eigenvalue weighted by Crippen LogP contribution is 2.37. The number of esters is 1. The van der Waals surface area contributed by atoms with Gasteiger partial charge in [-0.3, -0.25) is 0 Å². The molecule has 0 fully saturated rings. The number of aliphatic hydroxyl groups excluding tert-OH is 1. The number of benzene rings is 1. The number of ether oxygens (including phenoxy) is 2. The Morgan fingerprint density at radius 1 is 1.18 bits per heavy atom. The number of nitrogens with zero attached hydrogens (tertiary/aromatic N) is 2. The number of carbonyl (C=O) groups excluding carboxylic acids is 1. The molecule has 1 aromatic carbocycles. The second kappa shape index (κ2) is 11.2. The highest BCUT2D eigenvalue weighted by atomic mass is 35.5. The van der Waals surface area contributed by atoms with E-state index in [9.17, 15) is 23.1 Å². The molecule has 2 aromatic heterocycles. The third-order valence-electron chi connectivity index (χ3n) is 5.98. The van der Waals surface area contributed by atoms with E-state index in [2.05, 4.69) is 9.97 Å². The van der Waals surface area contributed by atoms with Crippen LogP contribution >= 0.6 is 23.4 Å². The van der Waals surface area contributed by atoms with Crippen molar-refractivity contribution < 1.29 is 32.5 Å². The lowest BCUT2D eigenvalue weighted by Gasteiger charge is -2.29. The zero-order chi connectivity index (χ0) is 27.6. The molecule has 1 aliphatic rings. The molecule has 1 aliphatic heterocycles. The van der Waals surface area contributed by atoms with E-state index in [1.54, 1.807) is 37.0 Å². The molecule has 0 aliphatic carbocycles. The Labute approximate surface area is 226 Å². The van der Waals surface area contributed by atoms with Crippen molar-refractivity contribution in [1.29, 1.82) is 0 Å². The predicted molar refractivity (Wildman–Crippen MR) is 138 cm³/mol. The van der Waals surface area contributed by atoms with Crippen molar-refractivity contribution in [2.75, 3.05) is 5.75 Å².